The second-order valence-electron chi connectivity index (χ2n) is 3.37. The maximum atomic E-state index is 11.2. The van der Waals surface area contributed by atoms with E-state index in [2.05, 4.69) is 15.4 Å². The van der Waals surface area contributed by atoms with Crippen LogP contribution < -0.4 is 15.4 Å². The highest BCUT2D eigenvalue weighted by Crippen LogP contribution is 1.89. The van der Waals surface area contributed by atoms with Gasteiger partial charge in [-0.15, -0.1) is 0 Å². The quantitative estimate of drug-likeness (QED) is 0.427. The van der Waals surface area contributed by atoms with E-state index >= 15 is 0 Å². The summed E-state index contributed by atoms with van der Waals surface area (Å²) in [6.07, 6.45) is 1.27. The molecular formula is C8H17N3O5S. The van der Waals surface area contributed by atoms with Crippen LogP contribution in [0.15, 0.2) is 0 Å². The van der Waals surface area contributed by atoms with Crippen molar-refractivity contribution < 1.29 is 23.1 Å². The van der Waals surface area contributed by atoms with Crippen LogP contribution in [-0.2, 0) is 14.8 Å². The molecule has 0 bridgehead atoms. The van der Waals surface area contributed by atoms with E-state index in [1.807, 2.05) is 0 Å². The Labute approximate surface area is 99.8 Å². The number of hydrogen-bond donors (Lipinski definition) is 4. The number of carbonyl (C=O) groups is 2. The number of carboxylic acids is 1. The van der Waals surface area contributed by atoms with Gasteiger partial charge in [-0.05, 0) is 6.42 Å². The van der Waals surface area contributed by atoms with E-state index in [9.17, 15) is 18.0 Å². The van der Waals surface area contributed by atoms with Crippen molar-refractivity contribution in [2.75, 3.05) is 19.3 Å². The lowest BCUT2D eigenvalue weighted by Gasteiger charge is -2.13. The van der Waals surface area contributed by atoms with Gasteiger partial charge in [0.05, 0.1) is 6.26 Å². The molecule has 0 aliphatic heterocycles. The Morgan fingerprint density at radius 3 is 2.29 bits per heavy atom. The molecule has 0 unspecified atom stereocenters. The molecule has 2 amide bonds. The summed E-state index contributed by atoms with van der Waals surface area (Å²) in [5.74, 6) is -1.11. The van der Waals surface area contributed by atoms with Crippen LogP contribution in [0.5, 0.6) is 0 Å². The molecule has 0 aromatic carbocycles. The summed E-state index contributed by atoms with van der Waals surface area (Å²) in [6, 6.07) is -1.59. The second kappa shape index (κ2) is 7.07. The van der Waals surface area contributed by atoms with Gasteiger partial charge in [-0.3, -0.25) is 0 Å². The molecule has 9 heteroatoms. The molecule has 0 rings (SSSR count). The molecule has 0 radical (unpaired) electrons. The molecule has 0 saturated carbocycles. The van der Waals surface area contributed by atoms with Gasteiger partial charge in [0.2, 0.25) is 10.0 Å². The molecule has 0 aromatic heterocycles. The molecular weight excluding hydrogens is 250 g/mol. The summed E-state index contributed by atoms with van der Waals surface area (Å²) in [7, 11) is -3.28. The monoisotopic (exact) mass is 267 g/mol. The molecule has 4 N–H and O–H groups in total. The molecule has 1 atom stereocenters. The number of carboxylic acid groups (broad SMARTS) is 1. The first-order valence-corrected chi connectivity index (χ1v) is 6.87. The standard InChI is InChI=1S/C8H17N3O5S/c1-3-6(7(12)13)11-8(14)9-4-5-10-17(2,15)16/h6,10H,3-5H2,1-2H3,(H,12,13)(H2,9,11,14)/t6-/m0/s1. The van der Waals surface area contributed by atoms with Crippen molar-refractivity contribution >= 4 is 22.0 Å². The Kier molecular flexibility index (Phi) is 6.51. The summed E-state index contributed by atoms with van der Waals surface area (Å²) in [5.41, 5.74) is 0. The summed E-state index contributed by atoms with van der Waals surface area (Å²) in [4.78, 5) is 21.8. The van der Waals surface area contributed by atoms with E-state index in [-0.39, 0.29) is 19.5 Å². The van der Waals surface area contributed by atoms with Gasteiger partial charge in [-0.1, -0.05) is 6.92 Å². The van der Waals surface area contributed by atoms with Crippen molar-refractivity contribution in [3.8, 4) is 0 Å². The van der Waals surface area contributed by atoms with Gasteiger partial charge in [-0.2, -0.15) is 0 Å². The molecule has 0 aromatic rings. The highest BCUT2D eigenvalue weighted by Gasteiger charge is 2.16. The molecule has 0 aliphatic rings. The summed E-state index contributed by atoms with van der Waals surface area (Å²) < 4.78 is 23.5. The van der Waals surface area contributed by atoms with Crippen molar-refractivity contribution in [3.63, 3.8) is 0 Å². The molecule has 0 heterocycles. The number of carbonyl (C=O) groups excluding carboxylic acids is 1. The van der Waals surface area contributed by atoms with Crippen LogP contribution in [0.2, 0.25) is 0 Å². The lowest BCUT2D eigenvalue weighted by atomic mass is 10.2. The zero-order valence-electron chi connectivity index (χ0n) is 9.69. The summed E-state index contributed by atoms with van der Waals surface area (Å²) in [6.45, 7) is 1.76. The third-order valence-corrected chi connectivity index (χ3v) is 2.51. The number of hydrogen-bond acceptors (Lipinski definition) is 4. The number of urea groups is 1. The summed E-state index contributed by atoms with van der Waals surface area (Å²) >= 11 is 0. The Morgan fingerprint density at radius 1 is 1.29 bits per heavy atom. The van der Waals surface area contributed by atoms with Crippen molar-refractivity contribution in [2.24, 2.45) is 0 Å². The maximum Gasteiger partial charge on any atom is 0.326 e. The molecule has 17 heavy (non-hydrogen) atoms. The van der Waals surface area contributed by atoms with E-state index in [4.69, 9.17) is 5.11 Å². The average Bonchev–Trinajstić information content (AvgIpc) is 2.19. The zero-order valence-corrected chi connectivity index (χ0v) is 10.5. The van der Waals surface area contributed by atoms with E-state index < -0.39 is 28.1 Å². The number of rotatable bonds is 7. The number of aliphatic carboxylic acids is 1. The number of amides is 2. The lowest BCUT2D eigenvalue weighted by Crippen LogP contribution is -2.47. The minimum Gasteiger partial charge on any atom is -0.480 e. The normalized spacial score (nSPS) is 12.8. The van der Waals surface area contributed by atoms with Crippen LogP contribution in [0, 0.1) is 0 Å². The minimum atomic E-state index is -3.28. The molecule has 0 fully saturated rings. The topological polar surface area (TPSA) is 125 Å². The predicted molar refractivity (Wildman–Crippen MR) is 61.1 cm³/mol. The van der Waals surface area contributed by atoms with Crippen LogP contribution in [-0.4, -0.2) is 50.9 Å². The predicted octanol–water partition coefficient (Wildman–Crippen LogP) is -1.30. The lowest BCUT2D eigenvalue weighted by molar-refractivity contribution is -0.139. The highest BCUT2D eigenvalue weighted by atomic mass is 32.2. The summed E-state index contributed by atoms with van der Waals surface area (Å²) in [5, 5.41) is 13.2. The first-order chi connectivity index (χ1) is 7.76. The van der Waals surface area contributed by atoms with Gasteiger partial charge in [0, 0.05) is 13.1 Å². The minimum absolute atomic E-state index is 0.0517. The van der Waals surface area contributed by atoms with Gasteiger partial charge in [0.15, 0.2) is 0 Å². The molecule has 8 nitrogen and oxygen atoms in total. The largest absolute Gasteiger partial charge is 0.480 e. The molecule has 0 saturated heterocycles. The highest BCUT2D eigenvalue weighted by molar-refractivity contribution is 7.88. The van der Waals surface area contributed by atoms with Crippen molar-refractivity contribution in [1.29, 1.82) is 0 Å². The average molecular weight is 267 g/mol. The Morgan fingerprint density at radius 2 is 1.88 bits per heavy atom. The molecule has 100 valence electrons. The maximum absolute atomic E-state index is 11.2. The fourth-order valence-electron chi connectivity index (χ4n) is 0.960. The van der Waals surface area contributed by atoms with Crippen LogP contribution >= 0.6 is 0 Å². The number of nitrogens with one attached hydrogen (secondary N) is 3. The fraction of sp³-hybridized carbons (Fsp3) is 0.750. The molecule has 0 aliphatic carbocycles. The Bertz CT molecular complexity index is 367. The van der Waals surface area contributed by atoms with Gasteiger partial charge in [0.25, 0.3) is 0 Å². The fourth-order valence-corrected chi connectivity index (χ4v) is 1.43. The van der Waals surface area contributed by atoms with Crippen LogP contribution in [0.4, 0.5) is 4.79 Å². The van der Waals surface area contributed by atoms with E-state index in [0.717, 1.165) is 6.26 Å². The van der Waals surface area contributed by atoms with Gasteiger partial charge in [0.1, 0.15) is 6.04 Å². The van der Waals surface area contributed by atoms with Crippen LogP contribution in [0.25, 0.3) is 0 Å². The van der Waals surface area contributed by atoms with Crippen molar-refractivity contribution in [3.05, 3.63) is 0 Å². The third kappa shape index (κ3) is 8.46. The SMILES string of the molecule is CC[C@H](NC(=O)NCCNS(C)(=O)=O)C(=O)O. The van der Waals surface area contributed by atoms with Crippen LogP contribution in [0.1, 0.15) is 13.3 Å². The van der Waals surface area contributed by atoms with E-state index in [1.54, 1.807) is 6.92 Å². The smallest absolute Gasteiger partial charge is 0.326 e. The second-order valence-corrected chi connectivity index (χ2v) is 5.20. The van der Waals surface area contributed by atoms with Gasteiger partial charge < -0.3 is 15.7 Å². The van der Waals surface area contributed by atoms with Crippen molar-refractivity contribution in [2.45, 2.75) is 19.4 Å². The molecule has 0 spiro atoms. The van der Waals surface area contributed by atoms with Crippen LogP contribution in [0.3, 0.4) is 0 Å². The zero-order chi connectivity index (χ0) is 13.5. The van der Waals surface area contributed by atoms with E-state index in [0.29, 0.717) is 0 Å². The van der Waals surface area contributed by atoms with Gasteiger partial charge in [-0.25, -0.2) is 22.7 Å². The Balaban J connectivity index is 3.84. The van der Waals surface area contributed by atoms with Gasteiger partial charge >= 0.3 is 12.0 Å². The first-order valence-electron chi connectivity index (χ1n) is 4.98. The van der Waals surface area contributed by atoms with E-state index in [1.165, 1.54) is 0 Å². The number of sulfonamides is 1. The Hall–Kier alpha value is -1.35. The third-order valence-electron chi connectivity index (χ3n) is 1.79. The van der Waals surface area contributed by atoms with Crippen molar-refractivity contribution in [1.82, 2.24) is 15.4 Å². The first kappa shape index (κ1) is 15.7.